The van der Waals surface area contributed by atoms with Crippen LogP contribution >= 0.6 is 0 Å². The SMILES string of the molecule is [NH3+]C12CC3C[C@H](C1)C(F)(F)[C@@H](C3)C2. The zero-order chi connectivity index (χ0) is 9.27. The molecule has 0 aromatic rings. The largest absolute Gasteiger partial charge is 0.353 e. The number of rotatable bonds is 0. The van der Waals surface area contributed by atoms with Crippen molar-refractivity contribution in [3.8, 4) is 0 Å². The number of hydrogen-bond donors (Lipinski definition) is 1. The van der Waals surface area contributed by atoms with Crippen molar-refractivity contribution >= 4 is 0 Å². The van der Waals surface area contributed by atoms with Crippen LogP contribution in [0.4, 0.5) is 8.78 Å². The Morgan fingerprint density at radius 1 is 1.00 bits per heavy atom. The third kappa shape index (κ3) is 0.940. The molecule has 0 radical (unpaired) electrons. The molecule has 3 heteroatoms. The van der Waals surface area contributed by atoms with E-state index in [9.17, 15) is 8.78 Å². The van der Waals surface area contributed by atoms with E-state index in [4.69, 9.17) is 0 Å². The minimum atomic E-state index is -2.36. The highest BCUT2D eigenvalue weighted by molar-refractivity contribution is 5.08. The molecule has 4 atom stereocenters. The molecule has 4 rings (SSSR count). The van der Waals surface area contributed by atoms with E-state index < -0.39 is 5.92 Å². The molecule has 4 fully saturated rings. The Hall–Kier alpha value is -0.180. The monoisotopic (exact) mass is 188 g/mol. The Bertz CT molecular complexity index is 233. The van der Waals surface area contributed by atoms with Gasteiger partial charge in [-0.1, -0.05) is 0 Å². The molecule has 0 amide bonds. The molecule has 0 aromatic carbocycles. The van der Waals surface area contributed by atoms with Crippen LogP contribution in [0.15, 0.2) is 0 Å². The number of hydrogen-bond acceptors (Lipinski definition) is 0. The van der Waals surface area contributed by atoms with E-state index in [1.165, 1.54) is 0 Å². The summed E-state index contributed by atoms with van der Waals surface area (Å²) in [5.74, 6) is -2.47. The van der Waals surface area contributed by atoms with Crippen LogP contribution in [-0.4, -0.2) is 11.5 Å². The maximum Gasteiger partial charge on any atom is 0.254 e. The van der Waals surface area contributed by atoms with Gasteiger partial charge in [0.05, 0.1) is 5.54 Å². The number of alkyl halides is 2. The summed E-state index contributed by atoms with van der Waals surface area (Å²) >= 11 is 0. The molecule has 0 spiro atoms. The summed E-state index contributed by atoms with van der Waals surface area (Å²) in [6.45, 7) is 0. The Balaban J connectivity index is 1.99. The van der Waals surface area contributed by atoms with Gasteiger partial charge < -0.3 is 5.73 Å². The van der Waals surface area contributed by atoms with Crippen molar-refractivity contribution in [2.75, 3.05) is 0 Å². The van der Waals surface area contributed by atoms with Gasteiger partial charge >= 0.3 is 0 Å². The highest BCUT2D eigenvalue weighted by Gasteiger charge is 2.64. The fraction of sp³-hybridized carbons (Fsp3) is 1.00. The Labute approximate surface area is 76.7 Å². The molecule has 2 unspecified atom stereocenters. The maximum absolute atomic E-state index is 13.7. The first-order valence-corrected chi connectivity index (χ1v) is 5.23. The van der Waals surface area contributed by atoms with Gasteiger partial charge in [-0.05, 0) is 18.8 Å². The second-order valence-electron chi connectivity index (χ2n) is 5.52. The minimum absolute atomic E-state index is 0.0260. The summed E-state index contributed by atoms with van der Waals surface area (Å²) in [6.07, 6.45) is 3.98. The van der Waals surface area contributed by atoms with Crippen molar-refractivity contribution < 1.29 is 14.5 Å². The lowest BCUT2D eigenvalue weighted by Crippen LogP contribution is -2.80. The summed E-state index contributed by atoms with van der Waals surface area (Å²) in [5.41, 5.74) is 4.19. The van der Waals surface area contributed by atoms with E-state index in [-0.39, 0.29) is 17.4 Å². The summed E-state index contributed by atoms with van der Waals surface area (Å²) in [5, 5.41) is 0. The quantitative estimate of drug-likeness (QED) is 0.596. The van der Waals surface area contributed by atoms with Crippen molar-refractivity contribution in [2.45, 2.75) is 43.6 Å². The zero-order valence-electron chi connectivity index (χ0n) is 7.73. The van der Waals surface area contributed by atoms with Gasteiger partial charge in [-0.2, -0.15) is 0 Å². The lowest BCUT2D eigenvalue weighted by Gasteiger charge is -2.56. The molecule has 4 saturated carbocycles. The molecular formula is C10H16F2N+. The van der Waals surface area contributed by atoms with Crippen molar-refractivity contribution in [3.05, 3.63) is 0 Å². The number of quaternary nitrogens is 1. The Kier molecular flexibility index (Phi) is 1.30. The molecule has 4 aliphatic rings. The first-order chi connectivity index (χ1) is 6.00. The first-order valence-electron chi connectivity index (χ1n) is 5.23. The summed E-state index contributed by atoms with van der Waals surface area (Å²) in [6, 6.07) is 0. The van der Waals surface area contributed by atoms with Crippen LogP contribution in [0.1, 0.15) is 32.1 Å². The highest BCUT2D eigenvalue weighted by atomic mass is 19.3. The molecule has 4 bridgehead atoms. The van der Waals surface area contributed by atoms with Crippen LogP contribution in [0.3, 0.4) is 0 Å². The summed E-state index contributed by atoms with van der Waals surface area (Å²) in [4.78, 5) is 0. The molecule has 1 nitrogen and oxygen atoms in total. The normalized spacial score (nSPS) is 57.0. The van der Waals surface area contributed by atoms with Gasteiger partial charge in [0.1, 0.15) is 0 Å². The third-order valence-corrected chi connectivity index (χ3v) is 4.40. The summed E-state index contributed by atoms with van der Waals surface area (Å²) in [7, 11) is 0. The van der Waals surface area contributed by atoms with Gasteiger partial charge in [-0.3, -0.25) is 0 Å². The molecular weight excluding hydrogens is 172 g/mol. The Morgan fingerprint density at radius 3 is 2.00 bits per heavy atom. The van der Waals surface area contributed by atoms with Gasteiger partial charge in [-0.15, -0.1) is 0 Å². The van der Waals surface area contributed by atoms with Gasteiger partial charge in [0, 0.05) is 31.1 Å². The van der Waals surface area contributed by atoms with Crippen LogP contribution in [0.5, 0.6) is 0 Å². The fourth-order valence-electron chi connectivity index (χ4n) is 4.06. The van der Waals surface area contributed by atoms with Crippen LogP contribution in [-0.2, 0) is 0 Å². The van der Waals surface area contributed by atoms with Crippen LogP contribution < -0.4 is 5.73 Å². The minimum Gasteiger partial charge on any atom is -0.353 e. The molecule has 0 aliphatic heterocycles. The van der Waals surface area contributed by atoms with Crippen LogP contribution in [0.2, 0.25) is 0 Å². The van der Waals surface area contributed by atoms with Crippen LogP contribution in [0.25, 0.3) is 0 Å². The van der Waals surface area contributed by atoms with Crippen molar-refractivity contribution in [2.24, 2.45) is 17.8 Å². The molecule has 0 heterocycles. The smallest absolute Gasteiger partial charge is 0.254 e. The first kappa shape index (κ1) is 8.16. The molecule has 74 valence electrons. The van der Waals surface area contributed by atoms with Crippen LogP contribution in [0, 0.1) is 17.8 Å². The van der Waals surface area contributed by atoms with E-state index in [0.29, 0.717) is 18.8 Å². The lowest BCUT2D eigenvalue weighted by molar-refractivity contribution is -0.514. The lowest BCUT2D eigenvalue weighted by atomic mass is 9.51. The van der Waals surface area contributed by atoms with E-state index in [2.05, 4.69) is 5.73 Å². The average Bonchev–Trinajstić information content (AvgIpc) is 1.97. The zero-order valence-corrected chi connectivity index (χ0v) is 7.73. The predicted octanol–water partition coefficient (Wildman–Crippen LogP) is 1.44. The van der Waals surface area contributed by atoms with Crippen molar-refractivity contribution in [3.63, 3.8) is 0 Å². The van der Waals surface area contributed by atoms with E-state index in [0.717, 1.165) is 19.3 Å². The van der Waals surface area contributed by atoms with E-state index in [1.807, 2.05) is 0 Å². The standard InChI is InChI=1S/C10H15F2N/c11-10(12)7-1-6-2-8(10)5-9(13,3-6)4-7/h6-8H,1-5,13H2/p+1/t6?,7-,8+,9?. The van der Waals surface area contributed by atoms with Gasteiger partial charge in [0.25, 0.3) is 5.92 Å². The molecule has 0 saturated heterocycles. The summed E-state index contributed by atoms with van der Waals surface area (Å²) < 4.78 is 27.3. The average molecular weight is 188 g/mol. The Morgan fingerprint density at radius 2 is 1.54 bits per heavy atom. The molecule has 3 N–H and O–H groups in total. The number of halogens is 2. The molecule has 4 aliphatic carbocycles. The van der Waals surface area contributed by atoms with Crippen molar-refractivity contribution in [1.29, 1.82) is 0 Å². The second-order valence-corrected chi connectivity index (χ2v) is 5.52. The topological polar surface area (TPSA) is 27.6 Å². The predicted molar refractivity (Wildman–Crippen MR) is 44.1 cm³/mol. The highest BCUT2D eigenvalue weighted by Crippen LogP contribution is 2.60. The third-order valence-electron chi connectivity index (χ3n) is 4.40. The van der Waals surface area contributed by atoms with Gasteiger partial charge in [0.15, 0.2) is 0 Å². The van der Waals surface area contributed by atoms with E-state index >= 15 is 0 Å². The molecule has 13 heavy (non-hydrogen) atoms. The van der Waals surface area contributed by atoms with Crippen molar-refractivity contribution in [1.82, 2.24) is 0 Å². The molecule has 0 aromatic heterocycles. The fourth-order valence-corrected chi connectivity index (χ4v) is 4.06. The van der Waals surface area contributed by atoms with E-state index in [1.54, 1.807) is 0 Å². The second kappa shape index (κ2) is 2.08. The van der Waals surface area contributed by atoms with Gasteiger partial charge in [0.2, 0.25) is 0 Å². The van der Waals surface area contributed by atoms with Gasteiger partial charge in [-0.25, -0.2) is 8.78 Å². The maximum atomic E-state index is 13.7.